The first-order valence-electron chi connectivity index (χ1n) is 11.6. The summed E-state index contributed by atoms with van der Waals surface area (Å²) in [7, 11) is 0. The second-order valence-corrected chi connectivity index (χ2v) is 10.1. The Morgan fingerprint density at radius 3 is 2.39 bits per heavy atom. The number of halogens is 5. The van der Waals surface area contributed by atoms with E-state index in [9.17, 15) is 22.8 Å². The largest absolute Gasteiger partial charge is 0.573 e. The van der Waals surface area contributed by atoms with Crippen LogP contribution in [0.15, 0.2) is 42.5 Å². The molecule has 0 bridgehead atoms. The zero-order valence-electron chi connectivity index (χ0n) is 19.3. The van der Waals surface area contributed by atoms with Crippen molar-refractivity contribution in [3.8, 4) is 5.75 Å². The molecule has 0 radical (unpaired) electrons. The number of hydrogen-bond donors (Lipinski definition) is 2. The van der Waals surface area contributed by atoms with Crippen LogP contribution in [0.25, 0.3) is 0 Å². The van der Waals surface area contributed by atoms with Crippen molar-refractivity contribution in [2.75, 3.05) is 13.1 Å². The molecule has 2 aromatic rings. The maximum atomic E-state index is 14.1. The van der Waals surface area contributed by atoms with Gasteiger partial charge in [-0.3, -0.25) is 9.59 Å². The lowest BCUT2D eigenvalue weighted by atomic mass is 9.90. The second kappa shape index (κ2) is 10.5. The minimum absolute atomic E-state index is 0.113. The molecule has 1 saturated heterocycles. The topological polar surface area (TPSA) is 84.7 Å². The Bertz CT molecular complexity index is 1120. The molecule has 1 aliphatic carbocycles. The van der Waals surface area contributed by atoms with E-state index in [0.717, 1.165) is 13.0 Å². The number of nitrogens with zero attached hydrogens (tertiary/aromatic N) is 1. The monoisotopic (exact) mass is 543 g/mol. The molecule has 2 fully saturated rings. The first-order valence-corrected chi connectivity index (χ1v) is 12.4. The number of ether oxygens (including phenoxy) is 1. The Hall–Kier alpha value is -2.49. The Kier molecular flexibility index (Phi) is 7.73. The molecule has 11 heteroatoms. The summed E-state index contributed by atoms with van der Waals surface area (Å²) in [5.41, 5.74) is 6.11. The third-order valence-corrected chi connectivity index (χ3v) is 7.38. The van der Waals surface area contributed by atoms with Crippen molar-refractivity contribution in [3.63, 3.8) is 0 Å². The molecule has 2 amide bonds. The van der Waals surface area contributed by atoms with E-state index in [4.69, 9.17) is 28.9 Å². The maximum Gasteiger partial charge on any atom is 0.573 e. The van der Waals surface area contributed by atoms with E-state index >= 15 is 0 Å². The van der Waals surface area contributed by atoms with E-state index in [2.05, 4.69) is 10.1 Å². The van der Waals surface area contributed by atoms with Crippen molar-refractivity contribution in [2.45, 2.75) is 56.0 Å². The number of alkyl halides is 3. The van der Waals surface area contributed by atoms with Crippen LogP contribution >= 0.6 is 23.2 Å². The van der Waals surface area contributed by atoms with Gasteiger partial charge in [-0.1, -0.05) is 41.4 Å². The van der Waals surface area contributed by atoms with Crippen LogP contribution in [0.2, 0.25) is 10.0 Å². The van der Waals surface area contributed by atoms with Crippen molar-refractivity contribution in [1.29, 1.82) is 0 Å². The Morgan fingerprint density at radius 1 is 1.17 bits per heavy atom. The van der Waals surface area contributed by atoms with E-state index in [0.29, 0.717) is 47.0 Å². The average Bonchev–Trinajstić information content (AvgIpc) is 3.62. The molecule has 0 aromatic heterocycles. The molecule has 1 saturated carbocycles. The van der Waals surface area contributed by atoms with Crippen LogP contribution in [0.1, 0.15) is 36.8 Å². The van der Waals surface area contributed by atoms with Gasteiger partial charge in [0.1, 0.15) is 11.8 Å². The SMILES string of the molecule is NC(=O)[C@H](Cc1ccc(Cl)cc1Cl)N(C(=O)C1(c2ccc(OC(F)(F)F)cc2)CC1)[C@@H]1CCCNC1. The maximum absolute atomic E-state index is 14.1. The van der Waals surface area contributed by atoms with Gasteiger partial charge in [-0.2, -0.15) is 0 Å². The highest BCUT2D eigenvalue weighted by atomic mass is 35.5. The summed E-state index contributed by atoms with van der Waals surface area (Å²) in [5.74, 6) is -1.30. The van der Waals surface area contributed by atoms with Gasteiger partial charge in [-0.25, -0.2) is 0 Å². The number of amides is 2. The Labute approximate surface area is 216 Å². The van der Waals surface area contributed by atoms with Crippen LogP contribution < -0.4 is 15.8 Å². The molecule has 0 spiro atoms. The van der Waals surface area contributed by atoms with Gasteiger partial charge in [-0.05, 0) is 67.6 Å². The number of carbonyl (C=O) groups is 2. The Balaban J connectivity index is 1.66. The standard InChI is InChI=1S/C25H26Cl2F3N3O3/c26-17-6-3-15(20(27)13-17)12-21(22(31)34)33(18-2-1-11-32-14-18)23(35)24(9-10-24)16-4-7-19(8-5-16)36-25(28,29)30/h3-8,13,18,21,32H,1-2,9-12,14H2,(H2,31,34)/t18-,21+/m1/s1. The van der Waals surface area contributed by atoms with E-state index in [-0.39, 0.29) is 24.1 Å². The van der Waals surface area contributed by atoms with Crippen LogP contribution in [0.4, 0.5) is 13.2 Å². The van der Waals surface area contributed by atoms with Crippen LogP contribution in [-0.4, -0.2) is 48.2 Å². The molecule has 1 aliphatic heterocycles. The smallest absolute Gasteiger partial charge is 0.406 e. The van der Waals surface area contributed by atoms with Crippen LogP contribution in [-0.2, 0) is 21.4 Å². The number of hydrogen-bond acceptors (Lipinski definition) is 4. The zero-order chi connectivity index (χ0) is 26.1. The van der Waals surface area contributed by atoms with Crippen molar-refractivity contribution in [1.82, 2.24) is 10.2 Å². The van der Waals surface area contributed by atoms with Crippen LogP contribution in [0.3, 0.4) is 0 Å². The summed E-state index contributed by atoms with van der Waals surface area (Å²) in [5, 5.41) is 4.08. The third kappa shape index (κ3) is 5.90. The normalized spacial score (nSPS) is 19.9. The first kappa shape index (κ1) is 26.6. The van der Waals surface area contributed by atoms with Gasteiger partial charge in [0.05, 0.1) is 5.41 Å². The van der Waals surface area contributed by atoms with Gasteiger partial charge in [-0.15, -0.1) is 13.2 Å². The molecule has 194 valence electrons. The fourth-order valence-electron chi connectivity index (χ4n) is 4.84. The zero-order valence-corrected chi connectivity index (χ0v) is 20.8. The van der Waals surface area contributed by atoms with E-state index in [1.54, 1.807) is 23.1 Å². The summed E-state index contributed by atoms with van der Waals surface area (Å²) in [6.45, 7) is 1.30. The van der Waals surface area contributed by atoms with E-state index < -0.39 is 23.7 Å². The molecule has 2 aromatic carbocycles. The van der Waals surface area contributed by atoms with Crippen LogP contribution in [0.5, 0.6) is 5.75 Å². The number of benzene rings is 2. The minimum Gasteiger partial charge on any atom is -0.406 e. The molecular formula is C25H26Cl2F3N3O3. The van der Waals surface area contributed by atoms with Crippen LogP contribution in [0, 0.1) is 0 Å². The number of nitrogens with one attached hydrogen (secondary N) is 1. The van der Waals surface area contributed by atoms with Gasteiger partial charge in [0.15, 0.2) is 0 Å². The lowest BCUT2D eigenvalue weighted by Gasteiger charge is -2.41. The van der Waals surface area contributed by atoms with Crippen molar-refractivity contribution >= 4 is 35.0 Å². The van der Waals surface area contributed by atoms with E-state index in [1.165, 1.54) is 24.3 Å². The van der Waals surface area contributed by atoms with Gasteiger partial charge in [0, 0.05) is 29.1 Å². The summed E-state index contributed by atoms with van der Waals surface area (Å²) in [6.07, 6.45) is -2.17. The minimum atomic E-state index is -4.81. The molecule has 4 rings (SSSR count). The van der Waals surface area contributed by atoms with Gasteiger partial charge < -0.3 is 20.7 Å². The average molecular weight is 544 g/mol. The second-order valence-electron chi connectivity index (χ2n) is 9.22. The van der Waals surface area contributed by atoms with E-state index in [1.807, 2.05) is 0 Å². The van der Waals surface area contributed by atoms with Gasteiger partial charge in [0.25, 0.3) is 0 Å². The first-order chi connectivity index (χ1) is 17.0. The number of carbonyl (C=O) groups excluding carboxylic acids is 2. The quantitative estimate of drug-likeness (QED) is 0.509. The van der Waals surface area contributed by atoms with Crippen molar-refractivity contribution in [2.24, 2.45) is 5.73 Å². The highest BCUT2D eigenvalue weighted by Crippen LogP contribution is 2.51. The molecule has 0 unspecified atom stereocenters. The number of piperidine rings is 1. The molecule has 1 heterocycles. The molecule has 3 N–H and O–H groups in total. The fourth-order valence-corrected chi connectivity index (χ4v) is 5.32. The van der Waals surface area contributed by atoms with Crippen molar-refractivity contribution < 1.29 is 27.5 Å². The third-order valence-electron chi connectivity index (χ3n) is 6.79. The number of rotatable bonds is 8. The summed E-state index contributed by atoms with van der Waals surface area (Å²) < 4.78 is 41.7. The van der Waals surface area contributed by atoms with Crippen molar-refractivity contribution in [3.05, 3.63) is 63.6 Å². The lowest BCUT2D eigenvalue weighted by Crippen LogP contribution is -2.59. The molecule has 6 nitrogen and oxygen atoms in total. The molecule has 2 aliphatic rings. The fraction of sp³-hybridized carbons (Fsp3) is 0.440. The highest BCUT2D eigenvalue weighted by Gasteiger charge is 2.55. The summed E-state index contributed by atoms with van der Waals surface area (Å²) in [6, 6.07) is 9.02. The predicted molar refractivity (Wildman–Crippen MR) is 130 cm³/mol. The van der Waals surface area contributed by atoms with Gasteiger partial charge in [0.2, 0.25) is 11.8 Å². The number of nitrogens with two attached hydrogens (primary N) is 1. The summed E-state index contributed by atoms with van der Waals surface area (Å²) in [4.78, 5) is 28.5. The molecule has 36 heavy (non-hydrogen) atoms. The van der Waals surface area contributed by atoms with Gasteiger partial charge >= 0.3 is 6.36 Å². The lowest BCUT2D eigenvalue weighted by molar-refractivity contribution is -0.274. The summed E-state index contributed by atoms with van der Waals surface area (Å²) >= 11 is 12.4. The molecule has 2 atom stereocenters. The Morgan fingerprint density at radius 2 is 1.86 bits per heavy atom. The predicted octanol–water partition coefficient (Wildman–Crippen LogP) is 4.60. The molecular weight excluding hydrogens is 518 g/mol. The number of primary amides is 1. The highest BCUT2D eigenvalue weighted by molar-refractivity contribution is 6.35.